The minimum Gasteiger partial charge on any atom is -0.491 e. The van der Waals surface area contributed by atoms with E-state index in [9.17, 15) is 5.11 Å². The molecule has 2 rings (SSSR count). The van der Waals surface area contributed by atoms with E-state index in [1.807, 2.05) is 26.8 Å². The van der Waals surface area contributed by atoms with E-state index in [1.54, 1.807) is 0 Å². The highest BCUT2D eigenvalue weighted by Gasteiger charge is 2.25. The zero-order valence-electron chi connectivity index (χ0n) is 11.7. The fourth-order valence-corrected chi connectivity index (χ4v) is 2.20. The average molecular weight is 248 g/mol. The topological polar surface area (TPSA) is 29.5 Å². The number of benzene rings is 1. The normalized spacial score (nSPS) is 18.3. The van der Waals surface area contributed by atoms with Gasteiger partial charge in [-0.1, -0.05) is 19.9 Å². The number of ether oxygens (including phenoxy) is 1. The first-order valence-electron chi connectivity index (χ1n) is 6.96. The molecular weight excluding hydrogens is 224 g/mol. The molecule has 0 bridgehead atoms. The van der Waals surface area contributed by atoms with Crippen molar-refractivity contribution in [3.8, 4) is 5.75 Å². The molecule has 0 spiro atoms. The molecule has 1 unspecified atom stereocenters. The second-order valence-electron chi connectivity index (χ2n) is 5.94. The van der Waals surface area contributed by atoms with Gasteiger partial charge in [0.1, 0.15) is 12.4 Å². The summed E-state index contributed by atoms with van der Waals surface area (Å²) < 4.78 is 5.75. The molecule has 1 N–H and O–H groups in total. The van der Waals surface area contributed by atoms with Gasteiger partial charge in [0.2, 0.25) is 0 Å². The van der Waals surface area contributed by atoms with Gasteiger partial charge in [-0.05, 0) is 61.8 Å². The van der Waals surface area contributed by atoms with Crippen LogP contribution in [0.3, 0.4) is 0 Å². The van der Waals surface area contributed by atoms with Crippen molar-refractivity contribution in [2.24, 2.45) is 5.92 Å². The first-order valence-corrected chi connectivity index (χ1v) is 6.96. The number of fused-ring (bicyclic) bond motifs is 1. The van der Waals surface area contributed by atoms with Crippen LogP contribution in [-0.4, -0.2) is 17.3 Å². The van der Waals surface area contributed by atoms with Crippen LogP contribution in [0.5, 0.6) is 5.75 Å². The number of aliphatic hydroxyl groups is 1. The third-order valence-corrected chi connectivity index (χ3v) is 4.09. The Bertz CT molecular complexity index is 408. The van der Waals surface area contributed by atoms with Crippen LogP contribution in [0.4, 0.5) is 0 Å². The lowest BCUT2D eigenvalue weighted by molar-refractivity contribution is -0.0266. The summed E-state index contributed by atoms with van der Waals surface area (Å²) in [7, 11) is 0. The molecule has 0 heterocycles. The predicted octanol–water partition coefficient (Wildman–Crippen LogP) is 3.35. The lowest BCUT2D eigenvalue weighted by atomic mass is 9.91. The number of rotatable bonds is 4. The maximum absolute atomic E-state index is 10.2. The third kappa shape index (κ3) is 3.05. The van der Waals surface area contributed by atoms with Gasteiger partial charge in [-0.3, -0.25) is 0 Å². The molecule has 2 heteroatoms. The molecule has 100 valence electrons. The van der Waals surface area contributed by atoms with Crippen molar-refractivity contribution in [1.82, 2.24) is 0 Å². The molecule has 0 fully saturated rings. The van der Waals surface area contributed by atoms with E-state index in [-0.39, 0.29) is 5.92 Å². The van der Waals surface area contributed by atoms with E-state index in [0.717, 1.165) is 12.2 Å². The third-order valence-electron chi connectivity index (χ3n) is 4.09. The summed E-state index contributed by atoms with van der Waals surface area (Å²) in [4.78, 5) is 0. The number of hydrogen-bond acceptors (Lipinski definition) is 2. The molecule has 1 aromatic rings. The van der Waals surface area contributed by atoms with E-state index in [2.05, 4.69) is 12.1 Å². The van der Waals surface area contributed by atoms with Crippen molar-refractivity contribution >= 4 is 0 Å². The maximum atomic E-state index is 10.2. The lowest BCUT2D eigenvalue weighted by Crippen LogP contribution is -2.37. The molecule has 0 saturated carbocycles. The smallest absolute Gasteiger partial charge is 0.119 e. The molecular formula is C16H24O2. The molecule has 1 aliphatic carbocycles. The Kier molecular flexibility index (Phi) is 3.96. The van der Waals surface area contributed by atoms with Gasteiger partial charge in [-0.25, -0.2) is 0 Å². The second-order valence-corrected chi connectivity index (χ2v) is 5.94. The summed E-state index contributed by atoms with van der Waals surface area (Å²) in [5.41, 5.74) is 2.11. The van der Waals surface area contributed by atoms with E-state index >= 15 is 0 Å². The Labute approximate surface area is 110 Å². The Morgan fingerprint density at radius 2 is 1.89 bits per heavy atom. The van der Waals surface area contributed by atoms with Gasteiger partial charge in [0.25, 0.3) is 0 Å². The highest BCUT2D eigenvalue weighted by Crippen LogP contribution is 2.26. The number of aryl methyl sites for hydroxylation is 2. The van der Waals surface area contributed by atoms with Gasteiger partial charge in [-0.2, -0.15) is 0 Å². The summed E-state index contributed by atoms with van der Waals surface area (Å²) >= 11 is 0. The first kappa shape index (κ1) is 13.4. The molecule has 1 atom stereocenters. The molecule has 0 radical (unpaired) electrons. The fraction of sp³-hybridized carbons (Fsp3) is 0.625. The minimum atomic E-state index is -0.768. The lowest BCUT2D eigenvalue weighted by Gasteiger charge is -2.27. The zero-order chi connectivity index (χ0) is 13.2. The van der Waals surface area contributed by atoms with E-state index < -0.39 is 5.60 Å². The zero-order valence-corrected chi connectivity index (χ0v) is 11.7. The summed E-state index contributed by atoms with van der Waals surface area (Å²) in [5, 5.41) is 10.2. The fourth-order valence-electron chi connectivity index (χ4n) is 2.20. The van der Waals surface area contributed by atoms with Crippen molar-refractivity contribution in [2.45, 2.75) is 52.1 Å². The summed E-state index contributed by atoms with van der Waals surface area (Å²) in [5.74, 6) is 1.08. The van der Waals surface area contributed by atoms with Gasteiger partial charge in [0.15, 0.2) is 0 Å². The first-order chi connectivity index (χ1) is 8.49. The maximum Gasteiger partial charge on any atom is 0.119 e. The highest BCUT2D eigenvalue weighted by molar-refractivity contribution is 5.37. The summed E-state index contributed by atoms with van der Waals surface area (Å²) in [6.07, 6.45) is 4.93. The molecule has 1 aliphatic rings. The van der Waals surface area contributed by atoms with Crippen LogP contribution in [-0.2, 0) is 12.8 Å². The largest absolute Gasteiger partial charge is 0.491 e. The van der Waals surface area contributed by atoms with Gasteiger partial charge in [0.05, 0.1) is 5.60 Å². The Balaban J connectivity index is 2.02. The van der Waals surface area contributed by atoms with Crippen molar-refractivity contribution < 1.29 is 9.84 Å². The van der Waals surface area contributed by atoms with Crippen LogP contribution in [0.2, 0.25) is 0 Å². The van der Waals surface area contributed by atoms with Gasteiger partial charge in [-0.15, -0.1) is 0 Å². The Morgan fingerprint density at radius 1 is 1.22 bits per heavy atom. The SMILES string of the molecule is CC(C)C(C)(O)COc1ccc2c(c1)CCCC2. The standard InChI is InChI=1S/C16H24O2/c1-12(2)16(3,17)11-18-15-9-8-13-6-4-5-7-14(13)10-15/h8-10,12,17H,4-7,11H2,1-3H3. The van der Waals surface area contributed by atoms with Crippen LogP contribution in [0.15, 0.2) is 18.2 Å². The van der Waals surface area contributed by atoms with Crippen LogP contribution in [0.1, 0.15) is 44.7 Å². The monoisotopic (exact) mass is 248 g/mol. The molecule has 0 aliphatic heterocycles. The Hall–Kier alpha value is -1.02. The molecule has 0 amide bonds. The predicted molar refractivity (Wildman–Crippen MR) is 74.0 cm³/mol. The molecule has 18 heavy (non-hydrogen) atoms. The van der Waals surface area contributed by atoms with Gasteiger partial charge >= 0.3 is 0 Å². The van der Waals surface area contributed by atoms with Crippen LogP contribution in [0, 0.1) is 5.92 Å². The second kappa shape index (κ2) is 5.31. The summed E-state index contributed by atoms with van der Waals surface area (Å²) in [6.45, 7) is 6.20. The Morgan fingerprint density at radius 3 is 2.56 bits per heavy atom. The van der Waals surface area contributed by atoms with Crippen molar-refractivity contribution in [3.63, 3.8) is 0 Å². The van der Waals surface area contributed by atoms with E-state index in [0.29, 0.717) is 6.61 Å². The molecule has 1 aromatic carbocycles. The van der Waals surface area contributed by atoms with Crippen LogP contribution >= 0.6 is 0 Å². The van der Waals surface area contributed by atoms with Gasteiger partial charge in [0, 0.05) is 0 Å². The highest BCUT2D eigenvalue weighted by atomic mass is 16.5. The molecule has 0 saturated heterocycles. The summed E-state index contributed by atoms with van der Waals surface area (Å²) in [6, 6.07) is 6.35. The molecule has 0 aromatic heterocycles. The van der Waals surface area contributed by atoms with Crippen molar-refractivity contribution in [1.29, 1.82) is 0 Å². The average Bonchev–Trinajstić information content (AvgIpc) is 2.36. The van der Waals surface area contributed by atoms with Gasteiger partial charge < -0.3 is 9.84 Å². The van der Waals surface area contributed by atoms with Crippen molar-refractivity contribution in [3.05, 3.63) is 29.3 Å². The van der Waals surface area contributed by atoms with Crippen LogP contribution in [0.25, 0.3) is 0 Å². The number of hydrogen-bond donors (Lipinski definition) is 1. The van der Waals surface area contributed by atoms with E-state index in [1.165, 1.54) is 30.4 Å². The quantitative estimate of drug-likeness (QED) is 0.885. The minimum absolute atomic E-state index is 0.190. The van der Waals surface area contributed by atoms with Crippen LogP contribution < -0.4 is 4.74 Å². The van der Waals surface area contributed by atoms with Crippen molar-refractivity contribution in [2.75, 3.05) is 6.61 Å². The molecule has 2 nitrogen and oxygen atoms in total. The van der Waals surface area contributed by atoms with E-state index in [4.69, 9.17) is 4.74 Å².